The molecule has 0 spiro atoms. The maximum absolute atomic E-state index is 11.5. The SMILES string of the molecule is O=C(O)CC1SC(=NN=Cc2cc(Cl)cc(Br)c2O)NC1=O. The Kier molecular flexibility index (Phi) is 5.43. The first kappa shape index (κ1) is 16.8. The first-order valence-electron chi connectivity index (χ1n) is 5.85. The minimum Gasteiger partial charge on any atom is -0.506 e. The highest BCUT2D eigenvalue weighted by molar-refractivity contribution is 9.10. The molecule has 1 amide bonds. The molecule has 10 heteroatoms. The van der Waals surface area contributed by atoms with Gasteiger partial charge in [-0.05, 0) is 28.1 Å². The van der Waals surface area contributed by atoms with Gasteiger partial charge in [-0.15, -0.1) is 5.10 Å². The van der Waals surface area contributed by atoms with Gasteiger partial charge in [-0.3, -0.25) is 9.59 Å². The van der Waals surface area contributed by atoms with Gasteiger partial charge in [0, 0.05) is 10.6 Å². The fraction of sp³-hybridized carbons (Fsp3) is 0.167. The molecule has 1 aliphatic heterocycles. The number of carboxylic acid groups (broad SMARTS) is 1. The molecule has 1 atom stereocenters. The molecule has 1 saturated heterocycles. The van der Waals surface area contributed by atoms with E-state index in [0.29, 0.717) is 15.1 Å². The second-order valence-corrected chi connectivity index (χ2v) is 6.65. The van der Waals surface area contributed by atoms with Crippen LogP contribution in [0.4, 0.5) is 0 Å². The summed E-state index contributed by atoms with van der Waals surface area (Å²) in [5.74, 6) is -1.53. The zero-order chi connectivity index (χ0) is 16.3. The molecular weight excluding hydrogens is 398 g/mol. The lowest BCUT2D eigenvalue weighted by Gasteiger charge is -2.01. The van der Waals surface area contributed by atoms with Gasteiger partial charge in [0.2, 0.25) is 5.91 Å². The van der Waals surface area contributed by atoms with Crippen LogP contribution in [0.1, 0.15) is 12.0 Å². The van der Waals surface area contributed by atoms with E-state index in [1.54, 1.807) is 0 Å². The highest BCUT2D eigenvalue weighted by Gasteiger charge is 2.32. The van der Waals surface area contributed by atoms with E-state index in [0.717, 1.165) is 11.8 Å². The van der Waals surface area contributed by atoms with Crippen LogP contribution in [0, 0.1) is 0 Å². The molecular formula is C12H9BrClN3O4S. The van der Waals surface area contributed by atoms with E-state index in [1.807, 2.05) is 0 Å². The number of amides is 1. The zero-order valence-electron chi connectivity index (χ0n) is 10.8. The second-order valence-electron chi connectivity index (χ2n) is 4.17. The van der Waals surface area contributed by atoms with Crippen LogP contribution in [-0.4, -0.2) is 38.7 Å². The Balaban J connectivity index is 2.09. The van der Waals surface area contributed by atoms with E-state index in [1.165, 1.54) is 18.3 Å². The number of rotatable bonds is 4. The van der Waals surface area contributed by atoms with Crippen molar-refractivity contribution in [3.8, 4) is 5.75 Å². The number of hydrogen-bond acceptors (Lipinski definition) is 6. The molecule has 2 rings (SSSR count). The van der Waals surface area contributed by atoms with Crippen LogP contribution in [0.2, 0.25) is 5.02 Å². The number of phenols is 1. The molecule has 116 valence electrons. The van der Waals surface area contributed by atoms with Crippen LogP contribution in [0.25, 0.3) is 0 Å². The molecule has 1 aromatic rings. The van der Waals surface area contributed by atoms with Crippen LogP contribution in [0.15, 0.2) is 26.8 Å². The number of carboxylic acids is 1. The Morgan fingerprint density at radius 3 is 2.95 bits per heavy atom. The van der Waals surface area contributed by atoms with Gasteiger partial charge < -0.3 is 15.5 Å². The van der Waals surface area contributed by atoms with Gasteiger partial charge in [-0.25, -0.2) is 0 Å². The van der Waals surface area contributed by atoms with Crippen molar-refractivity contribution in [2.45, 2.75) is 11.7 Å². The molecule has 1 unspecified atom stereocenters. The van der Waals surface area contributed by atoms with Gasteiger partial charge in [0.05, 0.1) is 17.1 Å². The summed E-state index contributed by atoms with van der Waals surface area (Å²) >= 11 is 9.99. The summed E-state index contributed by atoms with van der Waals surface area (Å²) in [5, 5.41) is 28.3. The number of benzene rings is 1. The topological polar surface area (TPSA) is 111 Å². The summed E-state index contributed by atoms with van der Waals surface area (Å²) in [5.41, 5.74) is 0.347. The Bertz CT molecular complexity index is 695. The van der Waals surface area contributed by atoms with Crippen molar-refractivity contribution in [3.63, 3.8) is 0 Å². The standard InChI is InChI=1S/C12H9BrClN3O4S/c13-7-2-6(14)1-5(10(7)20)4-15-17-12-16-11(21)8(22-12)3-9(18)19/h1-2,4,8,20H,3H2,(H,18,19)(H,16,17,21). The van der Waals surface area contributed by atoms with E-state index in [9.17, 15) is 14.7 Å². The largest absolute Gasteiger partial charge is 0.506 e. The molecule has 1 fully saturated rings. The van der Waals surface area contributed by atoms with E-state index < -0.39 is 17.1 Å². The Hall–Kier alpha value is -1.58. The number of nitrogens with zero attached hydrogens (tertiary/aromatic N) is 2. The average Bonchev–Trinajstić information content (AvgIpc) is 2.75. The van der Waals surface area contributed by atoms with Gasteiger partial charge >= 0.3 is 5.97 Å². The smallest absolute Gasteiger partial charge is 0.305 e. The van der Waals surface area contributed by atoms with Crippen LogP contribution in [0.5, 0.6) is 5.75 Å². The van der Waals surface area contributed by atoms with Crippen LogP contribution >= 0.6 is 39.3 Å². The Labute approximate surface area is 142 Å². The van der Waals surface area contributed by atoms with E-state index in [2.05, 4.69) is 31.4 Å². The predicted octanol–water partition coefficient (Wildman–Crippen LogP) is 2.20. The van der Waals surface area contributed by atoms with Crippen LogP contribution in [0.3, 0.4) is 0 Å². The lowest BCUT2D eigenvalue weighted by atomic mass is 10.2. The number of carbonyl (C=O) groups excluding carboxylic acids is 1. The van der Waals surface area contributed by atoms with Gasteiger partial charge in [-0.1, -0.05) is 23.4 Å². The number of aromatic hydroxyl groups is 1. The fourth-order valence-corrected chi connectivity index (χ4v) is 3.32. The van der Waals surface area contributed by atoms with Gasteiger partial charge in [0.25, 0.3) is 0 Å². The van der Waals surface area contributed by atoms with Crippen molar-refractivity contribution in [3.05, 3.63) is 27.2 Å². The van der Waals surface area contributed by atoms with Crippen molar-refractivity contribution >= 4 is 62.6 Å². The molecule has 0 aromatic heterocycles. The number of carbonyl (C=O) groups is 2. The Morgan fingerprint density at radius 1 is 1.55 bits per heavy atom. The predicted molar refractivity (Wildman–Crippen MR) is 87.6 cm³/mol. The summed E-state index contributed by atoms with van der Waals surface area (Å²) in [6.45, 7) is 0. The molecule has 7 nitrogen and oxygen atoms in total. The fourth-order valence-electron chi connectivity index (χ4n) is 1.57. The molecule has 22 heavy (non-hydrogen) atoms. The van der Waals surface area contributed by atoms with Gasteiger partial charge in [-0.2, -0.15) is 5.10 Å². The molecule has 1 aliphatic rings. The number of halogens is 2. The second kappa shape index (κ2) is 7.12. The van der Waals surface area contributed by atoms with E-state index in [-0.39, 0.29) is 17.3 Å². The van der Waals surface area contributed by atoms with Crippen molar-refractivity contribution < 1.29 is 19.8 Å². The summed E-state index contributed by atoms with van der Waals surface area (Å²) in [7, 11) is 0. The van der Waals surface area contributed by atoms with Gasteiger partial charge in [0.15, 0.2) is 5.17 Å². The molecule has 1 aromatic carbocycles. The van der Waals surface area contributed by atoms with Crippen molar-refractivity contribution in [1.82, 2.24) is 5.32 Å². The van der Waals surface area contributed by atoms with Crippen LogP contribution in [-0.2, 0) is 9.59 Å². The number of thioether (sulfide) groups is 1. The zero-order valence-corrected chi connectivity index (χ0v) is 13.9. The highest BCUT2D eigenvalue weighted by atomic mass is 79.9. The number of hydrogen-bond donors (Lipinski definition) is 3. The average molecular weight is 407 g/mol. The maximum atomic E-state index is 11.5. The molecule has 1 heterocycles. The maximum Gasteiger partial charge on any atom is 0.305 e. The van der Waals surface area contributed by atoms with E-state index >= 15 is 0 Å². The van der Waals surface area contributed by atoms with E-state index in [4.69, 9.17) is 16.7 Å². The third-order valence-electron chi connectivity index (χ3n) is 2.54. The quantitative estimate of drug-likeness (QED) is 0.524. The normalized spacial score (nSPS) is 19.8. The number of phenolic OH excluding ortho intramolecular Hbond substituents is 1. The summed E-state index contributed by atoms with van der Waals surface area (Å²) in [6, 6.07) is 3.03. The number of aliphatic carboxylic acids is 1. The third-order valence-corrected chi connectivity index (χ3v) is 4.43. The molecule has 0 aliphatic carbocycles. The minimum absolute atomic E-state index is 0.0415. The molecule has 3 N–H and O–H groups in total. The summed E-state index contributed by atoms with van der Waals surface area (Å²) < 4.78 is 0.416. The monoisotopic (exact) mass is 405 g/mol. The summed E-state index contributed by atoms with van der Waals surface area (Å²) in [6.07, 6.45) is 0.984. The lowest BCUT2D eigenvalue weighted by Crippen LogP contribution is -2.26. The first-order chi connectivity index (χ1) is 10.4. The molecule has 0 radical (unpaired) electrons. The van der Waals surface area contributed by atoms with Crippen molar-refractivity contribution in [1.29, 1.82) is 0 Å². The molecule has 0 bridgehead atoms. The van der Waals surface area contributed by atoms with Crippen molar-refractivity contribution in [2.24, 2.45) is 10.2 Å². The molecule has 0 saturated carbocycles. The number of amidine groups is 1. The van der Waals surface area contributed by atoms with Crippen LogP contribution < -0.4 is 5.32 Å². The lowest BCUT2D eigenvalue weighted by molar-refractivity contribution is -0.138. The van der Waals surface area contributed by atoms with Crippen molar-refractivity contribution in [2.75, 3.05) is 0 Å². The number of nitrogens with one attached hydrogen (secondary N) is 1. The third kappa shape index (κ3) is 4.21. The van der Waals surface area contributed by atoms with Gasteiger partial charge in [0.1, 0.15) is 11.0 Å². The summed E-state index contributed by atoms with van der Waals surface area (Å²) in [4.78, 5) is 22.1. The first-order valence-corrected chi connectivity index (χ1v) is 7.90. The minimum atomic E-state index is -1.06. The Morgan fingerprint density at radius 2 is 2.27 bits per heavy atom. The highest BCUT2D eigenvalue weighted by Crippen LogP contribution is 2.30.